The Kier molecular flexibility index (Phi) is 4.91. The van der Waals surface area contributed by atoms with E-state index in [1.165, 1.54) is 12.5 Å². The zero-order valence-corrected chi connectivity index (χ0v) is 12.8. The largest absolute Gasteiger partial charge is 0.379 e. The molecular weight excluding hydrogens is 281 g/mol. The highest BCUT2D eigenvalue weighted by Gasteiger charge is 2.25. The van der Waals surface area contributed by atoms with Gasteiger partial charge in [0.1, 0.15) is 17.4 Å². The van der Waals surface area contributed by atoms with Crippen LogP contribution in [0.2, 0.25) is 0 Å². The first-order chi connectivity index (χ1) is 10.8. The number of rotatable bonds is 3. The van der Waals surface area contributed by atoms with E-state index in [4.69, 9.17) is 4.74 Å². The van der Waals surface area contributed by atoms with Gasteiger partial charge in [-0.3, -0.25) is 4.90 Å². The third kappa shape index (κ3) is 3.40. The molecule has 22 heavy (non-hydrogen) atoms. The van der Waals surface area contributed by atoms with E-state index in [1.54, 1.807) is 6.07 Å². The van der Waals surface area contributed by atoms with Crippen molar-refractivity contribution in [2.75, 3.05) is 50.8 Å². The zero-order valence-electron chi connectivity index (χ0n) is 12.8. The van der Waals surface area contributed by atoms with Crippen LogP contribution in [0.25, 0.3) is 0 Å². The Morgan fingerprint density at radius 2 is 2.09 bits per heavy atom. The molecule has 0 spiro atoms. The number of halogens is 1. The van der Waals surface area contributed by atoms with Crippen LogP contribution in [0.3, 0.4) is 0 Å². The summed E-state index contributed by atoms with van der Waals surface area (Å²) in [5, 5.41) is 9.22. The number of morpholine rings is 1. The van der Waals surface area contributed by atoms with Crippen LogP contribution >= 0.6 is 0 Å². The predicted octanol–water partition coefficient (Wildman–Crippen LogP) is 2.25. The maximum Gasteiger partial charge on any atom is 0.143 e. The van der Waals surface area contributed by atoms with Gasteiger partial charge in [0, 0.05) is 32.7 Å². The van der Waals surface area contributed by atoms with Crippen LogP contribution in [0.4, 0.5) is 10.1 Å². The molecule has 2 fully saturated rings. The first-order valence-corrected chi connectivity index (χ1v) is 8.01. The van der Waals surface area contributed by atoms with Gasteiger partial charge in [0.15, 0.2) is 0 Å². The van der Waals surface area contributed by atoms with Crippen molar-refractivity contribution in [2.45, 2.75) is 12.8 Å². The lowest BCUT2D eigenvalue weighted by Crippen LogP contribution is -2.44. The molecule has 0 radical (unpaired) electrons. The zero-order chi connectivity index (χ0) is 15.4. The third-order valence-electron chi connectivity index (χ3n) is 4.58. The van der Waals surface area contributed by atoms with E-state index in [1.807, 2.05) is 12.1 Å². The number of benzene rings is 1. The maximum atomic E-state index is 13.8. The smallest absolute Gasteiger partial charge is 0.143 e. The molecule has 1 aromatic rings. The molecule has 118 valence electrons. The minimum absolute atomic E-state index is 0.175. The van der Waals surface area contributed by atoms with Gasteiger partial charge in [0.05, 0.1) is 18.9 Å². The molecule has 0 aromatic heterocycles. The number of nitriles is 1. The molecule has 0 unspecified atom stereocenters. The van der Waals surface area contributed by atoms with Crippen LogP contribution in [-0.4, -0.2) is 50.8 Å². The Bertz CT molecular complexity index is 551. The van der Waals surface area contributed by atoms with Gasteiger partial charge < -0.3 is 9.64 Å². The lowest BCUT2D eigenvalue weighted by Gasteiger charge is -2.38. The average molecular weight is 303 g/mol. The monoisotopic (exact) mass is 303 g/mol. The van der Waals surface area contributed by atoms with Crippen LogP contribution in [-0.2, 0) is 4.74 Å². The molecule has 2 aliphatic heterocycles. The summed E-state index contributed by atoms with van der Waals surface area (Å²) in [5.74, 6) is 0.150. The van der Waals surface area contributed by atoms with Crippen LogP contribution < -0.4 is 4.90 Å². The van der Waals surface area contributed by atoms with Gasteiger partial charge in [0.25, 0.3) is 0 Å². The van der Waals surface area contributed by atoms with Crippen LogP contribution in [0.15, 0.2) is 18.2 Å². The summed E-state index contributed by atoms with van der Waals surface area (Å²) in [5.41, 5.74) is 0.920. The second-order valence-electron chi connectivity index (χ2n) is 6.11. The molecule has 0 saturated carbocycles. The average Bonchev–Trinajstić information content (AvgIpc) is 2.56. The Labute approximate surface area is 131 Å². The topological polar surface area (TPSA) is 39.5 Å². The van der Waals surface area contributed by atoms with Crippen LogP contribution in [0, 0.1) is 23.1 Å². The molecule has 2 aliphatic rings. The third-order valence-corrected chi connectivity index (χ3v) is 4.58. The van der Waals surface area contributed by atoms with Gasteiger partial charge in [-0.1, -0.05) is 6.07 Å². The highest BCUT2D eigenvalue weighted by Crippen LogP contribution is 2.28. The molecule has 1 aromatic carbocycles. The van der Waals surface area contributed by atoms with Crippen molar-refractivity contribution in [1.29, 1.82) is 5.26 Å². The van der Waals surface area contributed by atoms with Gasteiger partial charge in [-0.25, -0.2) is 4.39 Å². The van der Waals surface area contributed by atoms with Crippen molar-refractivity contribution < 1.29 is 9.13 Å². The molecule has 3 rings (SSSR count). The van der Waals surface area contributed by atoms with E-state index in [0.29, 0.717) is 5.92 Å². The highest BCUT2D eigenvalue weighted by atomic mass is 19.1. The van der Waals surface area contributed by atoms with Gasteiger partial charge in [-0.15, -0.1) is 0 Å². The molecule has 2 heterocycles. The molecule has 2 saturated heterocycles. The van der Waals surface area contributed by atoms with Crippen molar-refractivity contribution in [2.24, 2.45) is 5.92 Å². The fourth-order valence-corrected chi connectivity index (χ4v) is 3.47. The molecule has 4 nitrogen and oxygen atoms in total. The van der Waals surface area contributed by atoms with E-state index in [-0.39, 0.29) is 5.56 Å². The van der Waals surface area contributed by atoms with Crippen molar-refractivity contribution in [3.05, 3.63) is 29.6 Å². The standard InChI is InChI=1S/C17H22FN3O/c18-16-4-1-5-17(15(16)11-19)21-6-2-3-14(13-21)12-20-7-9-22-10-8-20/h1,4-5,14H,2-3,6-10,12-13H2/t14-/m1/s1. The van der Waals surface area contributed by atoms with Gasteiger partial charge >= 0.3 is 0 Å². The van der Waals surface area contributed by atoms with E-state index in [2.05, 4.69) is 9.80 Å². The number of hydrogen-bond donors (Lipinski definition) is 0. The summed E-state index contributed by atoms with van der Waals surface area (Å²) in [7, 11) is 0. The molecule has 0 bridgehead atoms. The second kappa shape index (κ2) is 7.08. The Morgan fingerprint density at radius 1 is 1.27 bits per heavy atom. The minimum atomic E-state index is -0.421. The van der Waals surface area contributed by atoms with E-state index in [0.717, 1.165) is 58.0 Å². The summed E-state index contributed by atoms with van der Waals surface area (Å²) in [6.07, 6.45) is 2.29. The molecule has 1 atom stereocenters. The quantitative estimate of drug-likeness (QED) is 0.858. The molecule has 0 aliphatic carbocycles. The normalized spacial score (nSPS) is 23.3. The van der Waals surface area contributed by atoms with Crippen molar-refractivity contribution in [3.63, 3.8) is 0 Å². The summed E-state index contributed by atoms with van der Waals surface area (Å²) < 4.78 is 19.2. The molecular formula is C17H22FN3O. The number of anilines is 1. The van der Waals surface area contributed by atoms with Gasteiger partial charge in [0.2, 0.25) is 0 Å². The van der Waals surface area contributed by atoms with E-state index in [9.17, 15) is 9.65 Å². The van der Waals surface area contributed by atoms with Gasteiger partial charge in [-0.2, -0.15) is 5.26 Å². The Balaban J connectivity index is 1.68. The predicted molar refractivity (Wildman–Crippen MR) is 83.3 cm³/mol. The highest BCUT2D eigenvalue weighted by molar-refractivity contribution is 5.60. The fourth-order valence-electron chi connectivity index (χ4n) is 3.47. The number of nitrogens with zero attached hydrogens (tertiary/aromatic N) is 3. The number of hydrogen-bond acceptors (Lipinski definition) is 4. The molecule has 0 amide bonds. The lowest BCUT2D eigenvalue weighted by molar-refractivity contribution is 0.0296. The van der Waals surface area contributed by atoms with E-state index < -0.39 is 5.82 Å². The Hall–Kier alpha value is -1.64. The number of ether oxygens (including phenoxy) is 1. The SMILES string of the molecule is N#Cc1c(F)cccc1N1CCC[C@H](CN2CCOCC2)C1. The van der Waals surface area contributed by atoms with Crippen LogP contribution in [0.5, 0.6) is 0 Å². The summed E-state index contributed by atoms with van der Waals surface area (Å²) in [6.45, 7) is 6.50. The van der Waals surface area contributed by atoms with Crippen molar-refractivity contribution in [1.82, 2.24) is 4.90 Å². The number of piperidine rings is 1. The summed E-state index contributed by atoms with van der Waals surface area (Å²) >= 11 is 0. The summed E-state index contributed by atoms with van der Waals surface area (Å²) in [6, 6.07) is 6.92. The van der Waals surface area contributed by atoms with Crippen molar-refractivity contribution >= 4 is 5.69 Å². The van der Waals surface area contributed by atoms with Crippen molar-refractivity contribution in [3.8, 4) is 6.07 Å². The second-order valence-corrected chi connectivity index (χ2v) is 6.11. The van der Waals surface area contributed by atoms with Gasteiger partial charge in [-0.05, 0) is 30.9 Å². The molecule has 5 heteroatoms. The van der Waals surface area contributed by atoms with Crippen LogP contribution in [0.1, 0.15) is 18.4 Å². The maximum absolute atomic E-state index is 13.8. The fraction of sp³-hybridized carbons (Fsp3) is 0.588. The minimum Gasteiger partial charge on any atom is -0.379 e. The molecule has 0 N–H and O–H groups in total. The first-order valence-electron chi connectivity index (χ1n) is 8.01. The lowest BCUT2D eigenvalue weighted by atomic mass is 9.96. The summed E-state index contributed by atoms with van der Waals surface area (Å²) in [4.78, 5) is 4.63. The first kappa shape index (κ1) is 15.3. The Morgan fingerprint density at radius 3 is 2.86 bits per heavy atom. The van der Waals surface area contributed by atoms with E-state index >= 15 is 0 Å².